The number of thiophene rings is 1. The molecule has 0 aromatic carbocycles. The fourth-order valence-electron chi connectivity index (χ4n) is 0.932. The van der Waals surface area contributed by atoms with E-state index in [0.29, 0.717) is 0 Å². The molecule has 0 spiro atoms. The molecule has 1 atom stereocenters. The summed E-state index contributed by atoms with van der Waals surface area (Å²) in [4.78, 5) is 0.792. The Morgan fingerprint density at radius 1 is 1.64 bits per heavy atom. The fraction of sp³-hybridized carbons (Fsp3) is 0.429. The number of hydrogen-bond acceptors (Lipinski definition) is 3. The maximum atomic E-state index is 12.7. The Kier molecular flexibility index (Phi) is 4.27. The second-order valence-electron chi connectivity index (χ2n) is 2.67. The Morgan fingerprint density at radius 2 is 2.29 bits per heavy atom. The summed E-state index contributed by atoms with van der Waals surface area (Å²) in [7, 11) is 0. The monoisotopic (exact) mass is 304 g/mol. The van der Waals surface area contributed by atoms with Gasteiger partial charge in [0.2, 0.25) is 0 Å². The maximum Gasteiger partial charge on any atom is 0.338 e. The first-order chi connectivity index (χ1) is 6.43. The van der Waals surface area contributed by atoms with Crippen LogP contribution in [0.2, 0.25) is 0 Å². The molecule has 1 aromatic heterocycles. The first-order valence-corrected chi connectivity index (χ1v) is 5.69. The quantitative estimate of drug-likeness (QED) is 0.510. The van der Waals surface area contributed by atoms with Gasteiger partial charge < -0.3 is 0 Å². The molecule has 0 radical (unpaired) electrons. The van der Waals surface area contributed by atoms with Crippen LogP contribution in [-0.2, 0) is 6.42 Å². The molecular weight excluding hydrogens is 298 g/mol. The fourth-order valence-corrected chi connectivity index (χ4v) is 2.60. The van der Waals surface area contributed by atoms with Gasteiger partial charge in [-0.1, -0.05) is 0 Å². The Hall–Kier alpha value is 0.250. The molecule has 7 heteroatoms. The second kappa shape index (κ2) is 4.85. The van der Waals surface area contributed by atoms with Crippen molar-refractivity contribution in [1.82, 2.24) is 5.43 Å². The van der Waals surface area contributed by atoms with Crippen LogP contribution in [0.25, 0.3) is 0 Å². The average molecular weight is 306 g/mol. The standard InChI is InChI=1S/C7H8BrClF2N2S/c8-6-2-1-4(14-6)3-5(13-12)7(9,10)11/h1-2,5,13H,3,12H2. The zero-order valence-electron chi connectivity index (χ0n) is 6.94. The Bertz CT molecular complexity index is 302. The minimum atomic E-state index is -3.34. The topological polar surface area (TPSA) is 38.0 Å². The van der Waals surface area contributed by atoms with Gasteiger partial charge in [0.15, 0.2) is 0 Å². The van der Waals surface area contributed by atoms with Gasteiger partial charge in [-0.05, 0) is 39.7 Å². The normalized spacial score (nSPS) is 14.4. The van der Waals surface area contributed by atoms with Gasteiger partial charge in [0.25, 0.3) is 0 Å². The van der Waals surface area contributed by atoms with Crippen LogP contribution < -0.4 is 11.3 Å². The summed E-state index contributed by atoms with van der Waals surface area (Å²) < 4.78 is 26.3. The molecule has 80 valence electrons. The Morgan fingerprint density at radius 3 is 2.64 bits per heavy atom. The highest BCUT2D eigenvalue weighted by atomic mass is 79.9. The SMILES string of the molecule is NNC(Cc1ccc(Br)s1)C(F)(F)Cl. The van der Waals surface area contributed by atoms with Crippen molar-refractivity contribution in [2.45, 2.75) is 17.8 Å². The van der Waals surface area contributed by atoms with Crippen molar-refractivity contribution in [1.29, 1.82) is 0 Å². The van der Waals surface area contributed by atoms with Crippen molar-refractivity contribution in [3.63, 3.8) is 0 Å². The van der Waals surface area contributed by atoms with E-state index < -0.39 is 11.4 Å². The van der Waals surface area contributed by atoms with Crippen LogP contribution >= 0.6 is 38.9 Å². The first kappa shape index (κ1) is 12.3. The van der Waals surface area contributed by atoms with Crippen molar-refractivity contribution >= 4 is 38.9 Å². The average Bonchev–Trinajstić information content (AvgIpc) is 2.45. The molecular formula is C7H8BrClF2N2S. The molecule has 14 heavy (non-hydrogen) atoms. The molecule has 1 unspecified atom stereocenters. The molecule has 1 rings (SSSR count). The van der Waals surface area contributed by atoms with Gasteiger partial charge in [-0.25, -0.2) is 5.43 Å². The van der Waals surface area contributed by atoms with E-state index in [1.165, 1.54) is 11.3 Å². The highest BCUT2D eigenvalue weighted by Crippen LogP contribution is 2.29. The van der Waals surface area contributed by atoms with Crippen LogP contribution in [0.1, 0.15) is 4.88 Å². The molecule has 0 aliphatic rings. The van der Waals surface area contributed by atoms with E-state index in [1.54, 1.807) is 12.1 Å². The van der Waals surface area contributed by atoms with Crippen LogP contribution in [-0.4, -0.2) is 11.4 Å². The van der Waals surface area contributed by atoms with Gasteiger partial charge in [0.1, 0.15) is 6.04 Å². The third-order valence-electron chi connectivity index (χ3n) is 1.63. The molecule has 3 N–H and O–H groups in total. The summed E-state index contributed by atoms with van der Waals surface area (Å²) in [5, 5.41) is -3.34. The Labute approximate surface area is 97.5 Å². The smallest absolute Gasteiger partial charge is 0.271 e. The van der Waals surface area contributed by atoms with E-state index in [9.17, 15) is 8.78 Å². The van der Waals surface area contributed by atoms with Gasteiger partial charge in [0, 0.05) is 11.3 Å². The summed E-state index contributed by atoms with van der Waals surface area (Å²) in [6, 6.07) is 2.29. The predicted octanol–water partition coefficient (Wildman–Crippen LogP) is 2.72. The molecule has 0 aliphatic carbocycles. The lowest BCUT2D eigenvalue weighted by atomic mass is 10.2. The molecule has 0 saturated heterocycles. The number of alkyl halides is 3. The summed E-state index contributed by atoms with van der Waals surface area (Å²) in [5.74, 6) is 4.99. The summed E-state index contributed by atoms with van der Waals surface area (Å²) in [6.07, 6.45) is 0.100. The second-order valence-corrected chi connectivity index (χ2v) is 5.72. The third-order valence-corrected chi connectivity index (χ3v) is 3.54. The number of nitrogens with one attached hydrogen (secondary N) is 1. The maximum absolute atomic E-state index is 12.7. The number of hydrogen-bond donors (Lipinski definition) is 2. The highest BCUT2D eigenvalue weighted by molar-refractivity contribution is 9.11. The molecule has 1 aromatic rings. The minimum Gasteiger partial charge on any atom is -0.271 e. The van der Waals surface area contributed by atoms with Crippen LogP contribution in [0.5, 0.6) is 0 Å². The molecule has 0 fully saturated rings. The number of hydrazine groups is 1. The molecule has 0 amide bonds. The van der Waals surface area contributed by atoms with Crippen LogP contribution in [0.3, 0.4) is 0 Å². The predicted molar refractivity (Wildman–Crippen MR) is 57.6 cm³/mol. The highest BCUT2D eigenvalue weighted by Gasteiger charge is 2.36. The van der Waals surface area contributed by atoms with Crippen LogP contribution in [0.15, 0.2) is 15.9 Å². The van der Waals surface area contributed by atoms with Crippen molar-refractivity contribution in [3.05, 3.63) is 20.8 Å². The van der Waals surface area contributed by atoms with Gasteiger partial charge in [-0.2, -0.15) is 8.78 Å². The lowest BCUT2D eigenvalue weighted by Gasteiger charge is -2.19. The summed E-state index contributed by atoms with van der Waals surface area (Å²) in [5.41, 5.74) is 2.01. The minimum absolute atomic E-state index is 0.100. The van der Waals surface area contributed by atoms with Gasteiger partial charge in [-0.3, -0.25) is 5.84 Å². The van der Waals surface area contributed by atoms with E-state index in [2.05, 4.69) is 15.9 Å². The van der Waals surface area contributed by atoms with Crippen LogP contribution in [0.4, 0.5) is 8.78 Å². The lowest BCUT2D eigenvalue weighted by Crippen LogP contribution is -2.46. The van der Waals surface area contributed by atoms with Crippen molar-refractivity contribution in [2.24, 2.45) is 5.84 Å². The van der Waals surface area contributed by atoms with Gasteiger partial charge >= 0.3 is 5.38 Å². The van der Waals surface area contributed by atoms with E-state index in [-0.39, 0.29) is 6.42 Å². The molecule has 0 saturated carbocycles. The van der Waals surface area contributed by atoms with E-state index >= 15 is 0 Å². The zero-order valence-corrected chi connectivity index (χ0v) is 10.1. The Balaban J connectivity index is 2.66. The van der Waals surface area contributed by atoms with Crippen molar-refractivity contribution in [3.8, 4) is 0 Å². The third kappa shape index (κ3) is 3.43. The molecule has 2 nitrogen and oxygen atoms in total. The van der Waals surface area contributed by atoms with E-state index in [1.807, 2.05) is 5.43 Å². The number of halogens is 4. The zero-order chi connectivity index (χ0) is 10.8. The number of rotatable bonds is 4. The van der Waals surface area contributed by atoms with E-state index in [4.69, 9.17) is 17.4 Å². The summed E-state index contributed by atoms with van der Waals surface area (Å²) in [6.45, 7) is 0. The molecule has 0 aliphatic heterocycles. The van der Waals surface area contributed by atoms with Gasteiger partial charge in [0.05, 0.1) is 3.79 Å². The van der Waals surface area contributed by atoms with E-state index in [0.717, 1.165) is 8.66 Å². The largest absolute Gasteiger partial charge is 0.338 e. The van der Waals surface area contributed by atoms with Crippen molar-refractivity contribution < 1.29 is 8.78 Å². The first-order valence-electron chi connectivity index (χ1n) is 3.70. The van der Waals surface area contributed by atoms with Crippen molar-refractivity contribution in [2.75, 3.05) is 0 Å². The summed E-state index contributed by atoms with van der Waals surface area (Å²) >= 11 is 9.49. The lowest BCUT2D eigenvalue weighted by molar-refractivity contribution is 0.0506. The molecule has 1 heterocycles. The van der Waals surface area contributed by atoms with Gasteiger partial charge in [-0.15, -0.1) is 11.3 Å². The molecule has 0 bridgehead atoms. The van der Waals surface area contributed by atoms with Crippen LogP contribution in [0, 0.1) is 0 Å². The number of nitrogens with two attached hydrogens (primary N) is 1.